The number of hydrogen-bond acceptors (Lipinski definition) is 3. The molecule has 1 heterocycles. The van der Waals surface area contributed by atoms with Crippen LogP contribution in [0.3, 0.4) is 0 Å². The SMILES string of the molecule is CN=C(NCCCN1CCC(C)CC1)NCCN(C)C(C)C.I. The summed E-state index contributed by atoms with van der Waals surface area (Å²) < 4.78 is 0. The van der Waals surface area contributed by atoms with E-state index in [-0.39, 0.29) is 24.0 Å². The first-order chi connectivity index (χ1) is 10.5. The molecule has 0 aromatic rings. The van der Waals surface area contributed by atoms with E-state index in [1.165, 1.54) is 38.9 Å². The van der Waals surface area contributed by atoms with Crippen molar-refractivity contribution in [2.45, 2.75) is 46.1 Å². The summed E-state index contributed by atoms with van der Waals surface area (Å²) in [6.45, 7) is 13.5. The fraction of sp³-hybridized carbons (Fsp3) is 0.941. The molecule has 0 aromatic carbocycles. The van der Waals surface area contributed by atoms with Gasteiger partial charge in [0.15, 0.2) is 5.96 Å². The third-order valence-corrected chi connectivity index (χ3v) is 4.68. The van der Waals surface area contributed by atoms with Gasteiger partial charge in [-0.05, 0) is 65.7 Å². The Morgan fingerprint density at radius 1 is 1.22 bits per heavy atom. The summed E-state index contributed by atoms with van der Waals surface area (Å²) in [5.74, 6) is 1.84. The first-order valence-electron chi connectivity index (χ1n) is 8.90. The zero-order chi connectivity index (χ0) is 16.4. The summed E-state index contributed by atoms with van der Waals surface area (Å²) in [5, 5.41) is 6.80. The Hall–Kier alpha value is -0.0800. The second kappa shape index (κ2) is 13.2. The van der Waals surface area contributed by atoms with E-state index in [9.17, 15) is 0 Å². The fourth-order valence-electron chi connectivity index (χ4n) is 2.62. The monoisotopic (exact) mass is 439 g/mol. The van der Waals surface area contributed by atoms with E-state index in [4.69, 9.17) is 0 Å². The van der Waals surface area contributed by atoms with Crippen LogP contribution in [0, 0.1) is 5.92 Å². The molecule has 6 heteroatoms. The quantitative estimate of drug-likeness (QED) is 0.264. The van der Waals surface area contributed by atoms with E-state index >= 15 is 0 Å². The molecule has 138 valence electrons. The highest BCUT2D eigenvalue weighted by molar-refractivity contribution is 14.0. The van der Waals surface area contributed by atoms with Crippen molar-refractivity contribution in [3.63, 3.8) is 0 Å². The lowest BCUT2D eigenvalue weighted by Gasteiger charge is -2.30. The number of aliphatic imine (C=N–C) groups is 1. The average Bonchev–Trinajstić information content (AvgIpc) is 2.51. The van der Waals surface area contributed by atoms with E-state index in [0.717, 1.165) is 31.5 Å². The van der Waals surface area contributed by atoms with Gasteiger partial charge in [-0.3, -0.25) is 4.99 Å². The van der Waals surface area contributed by atoms with Gasteiger partial charge in [-0.2, -0.15) is 0 Å². The topological polar surface area (TPSA) is 42.9 Å². The van der Waals surface area contributed by atoms with Crippen LogP contribution in [-0.2, 0) is 0 Å². The maximum absolute atomic E-state index is 4.29. The van der Waals surface area contributed by atoms with Crippen LogP contribution in [0.1, 0.15) is 40.0 Å². The number of likely N-dealkylation sites (N-methyl/N-ethyl adjacent to an activating group) is 1. The zero-order valence-corrected chi connectivity index (χ0v) is 18.1. The molecule has 0 unspecified atom stereocenters. The summed E-state index contributed by atoms with van der Waals surface area (Å²) in [6.07, 6.45) is 3.90. The van der Waals surface area contributed by atoms with Crippen LogP contribution < -0.4 is 10.6 Å². The largest absolute Gasteiger partial charge is 0.356 e. The summed E-state index contributed by atoms with van der Waals surface area (Å²) in [4.78, 5) is 9.21. The fourth-order valence-corrected chi connectivity index (χ4v) is 2.62. The maximum atomic E-state index is 4.29. The lowest BCUT2D eigenvalue weighted by molar-refractivity contribution is 0.191. The van der Waals surface area contributed by atoms with Gasteiger partial charge >= 0.3 is 0 Å². The van der Waals surface area contributed by atoms with Gasteiger partial charge in [0.1, 0.15) is 0 Å². The number of rotatable bonds is 8. The summed E-state index contributed by atoms with van der Waals surface area (Å²) in [5.41, 5.74) is 0. The Morgan fingerprint density at radius 2 is 1.83 bits per heavy atom. The highest BCUT2D eigenvalue weighted by Gasteiger charge is 2.14. The predicted molar refractivity (Wildman–Crippen MR) is 112 cm³/mol. The molecule has 0 saturated carbocycles. The molecule has 0 bridgehead atoms. The molecule has 0 aliphatic carbocycles. The van der Waals surface area contributed by atoms with Crippen LogP contribution in [0.25, 0.3) is 0 Å². The minimum absolute atomic E-state index is 0. The van der Waals surface area contributed by atoms with Crippen molar-refractivity contribution >= 4 is 29.9 Å². The molecule has 0 spiro atoms. The van der Waals surface area contributed by atoms with Crippen molar-refractivity contribution in [2.75, 3.05) is 53.4 Å². The highest BCUT2D eigenvalue weighted by atomic mass is 127. The van der Waals surface area contributed by atoms with Gasteiger partial charge in [0.25, 0.3) is 0 Å². The first-order valence-corrected chi connectivity index (χ1v) is 8.90. The van der Waals surface area contributed by atoms with E-state index in [1.807, 2.05) is 7.05 Å². The van der Waals surface area contributed by atoms with Crippen molar-refractivity contribution in [2.24, 2.45) is 10.9 Å². The lowest BCUT2D eigenvalue weighted by atomic mass is 9.99. The number of nitrogens with zero attached hydrogens (tertiary/aromatic N) is 3. The van der Waals surface area contributed by atoms with Gasteiger partial charge < -0.3 is 20.4 Å². The van der Waals surface area contributed by atoms with Crippen LogP contribution in [0.5, 0.6) is 0 Å². The molecule has 23 heavy (non-hydrogen) atoms. The maximum Gasteiger partial charge on any atom is 0.191 e. The van der Waals surface area contributed by atoms with Gasteiger partial charge in [0.2, 0.25) is 0 Å². The van der Waals surface area contributed by atoms with Crippen molar-refractivity contribution < 1.29 is 0 Å². The van der Waals surface area contributed by atoms with E-state index in [0.29, 0.717) is 6.04 Å². The van der Waals surface area contributed by atoms with Crippen molar-refractivity contribution in [1.29, 1.82) is 0 Å². The number of piperidine rings is 1. The molecule has 2 N–H and O–H groups in total. The van der Waals surface area contributed by atoms with Crippen LogP contribution in [0.15, 0.2) is 4.99 Å². The first kappa shape index (κ1) is 22.9. The number of hydrogen-bond donors (Lipinski definition) is 2. The summed E-state index contributed by atoms with van der Waals surface area (Å²) in [7, 11) is 4.00. The minimum atomic E-state index is 0. The molecule has 1 aliphatic heterocycles. The molecule has 1 fully saturated rings. The predicted octanol–water partition coefficient (Wildman–Crippen LogP) is 2.23. The molecule has 5 nitrogen and oxygen atoms in total. The van der Waals surface area contributed by atoms with Crippen LogP contribution in [-0.4, -0.2) is 75.2 Å². The Labute approximate surface area is 160 Å². The van der Waals surface area contributed by atoms with Gasteiger partial charge in [0, 0.05) is 32.7 Å². The second-order valence-corrected chi connectivity index (χ2v) is 6.88. The lowest BCUT2D eigenvalue weighted by Crippen LogP contribution is -2.43. The number of guanidine groups is 1. The van der Waals surface area contributed by atoms with Crippen LogP contribution >= 0.6 is 24.0 Å². The molecule has 1 saturated heterocycles. The third kappa shape index (κ3) is 10.4. The molecule has 0 atom stereocenters. The van der Waals surface area contributed by atoms with Crippen LogP contribution in [0.2, 0.25) is 0 Å². The summed E-state index contributed by atoms with van der Waals surface area (Å²) >= 11 is 0. The Bertz CT molecular complexity index is 314. The van der Waals surface area contributed by atoms with E-state index < -0.39 is 0 Å². The zero-order valence-electron chi connectivity index (χ0n) is 15.8. The molecular weight excluding hydrogens is 401 g/mol. The molecule has 1 rings (SSSR count). The molecular formula is C17H38IN5. The number of halogens is 1. The van der Waals surface area contributed by atoms with Gasteiger partial charge in [-0.25, -0.2) is 0 Å². The van der Waals surface area contributed by atoms with E-state index in [1.54, 1.807) is 0 Å². The van der Waals surface area contributed by atoms with Crippen molar-refractivity contribution in [1.82, 2.24) is 20.4 Å². The van der Waals surface area contributed by atoms with Crippen molar-refractivity contribution in [3.05, 3.63) is 0 Å². The Balaban J connectivity index is 0.00000484. The average molecular weight is 439 g/mol. The van der Waals surface area contributed by atoms with Gasteiger partial charge in [-0.1, -0.05) is 6.92 Å². The second-order valence-electron chi connectivity index (χ2n) is 6.88. The molecule has 0 radical (unpaired) electrons. The summed E-state index contributed by atoms with van der Waals surface area (Å²) in [6, 6.07) is 0.587. The molecule has 0 aromatic heterocycles. The number of nitrogens with one attached hydrogen (secondary N) is 2. The Morgan fingerprint density at radius 3 is 2.39 bits per heavy atom. The Kier molecular flexibility index (Phi) is 13.2. The molecule has 1 aliphatic rings. The van der Waals surface area contributed by atoms with Gasteiger partial charge in [-0.15, -0.1) is 24.0 Å². The van der Waals surface area contributed by atoms with Crippen molar-refractivity contribution in [3.8, 4) is 0 Å². The van der Waals surface area contributed by atoms with E-state index in [2.05, 4.69) is 53.2 Å². The normalized spacial score (nSPS) is 17.4. The van der Waals surface area contributed by atoms with Gasteiger partial charge in [0.05, 0.1) is 0 Å². The third-order valence-electron chi connectivity index (χ3n) is 4.68. The van der Waals surface area contributed by atoms with Crippen LogP contribution in [0.4, 0.5) is 0 Å². The smallest absolute Gasteiger partial charge is 0.191 e. The standard InChI is InChI=1S/C17H37N5.HI/c1-15(2)21(5)14-10-20-17(18-4)19-9-6-11-22-12-7-16(3)8-13-22;/h15-16H,6-14H2,1-5H3,(H2,18,19,20);1H. The highest BCUT2D eigenvalue weighted by Crippen LogP contribution is 2.15. The minimum Gasteiger partial charge on any atom is -0.356 e. The molecule has 0 amide bonds. The number of likely N-dealkylation sites (tertiary alicyclic amines) is 1.